The van der Waals surface area contributed by atoms with Gasteiger partial charge in [-0.3, -0.25) is 18.7 Å². The maximum Gasteiger partial charge on any atom is 0.416 e. The number of nitrogens with one attached hydrogen (secondary N) is 1. The minimum absolute atomic E-state index is 0.00259. The number of piperidine rings is 1. The highest BCUT2D eigenvalue weighted by atomic mass is 35.5. The summed E-state index contributed by atoms with van der Waals surface area (Å²) in [4.78, 5) is 32.0. The minimum Gasteiger partial charge on any atom is -0.388 e. The summed E-state index contributed by atoms with van der Waals surface area (Å²) in [6.45, 7) is 0.572. The number of carbonyl (C=O) groups is 1. The summed E-state index contributed by atoms with van der Waals surface area (Å²) < 4.78 is 91.7. The molecule has 4 aromatic rings. The molecule has 2 aliphatic rings. The van der Waals surface area contributed by atoms with Gasteiger partial charge in [0.15, 0.2) is 5.65 Å². The molecule has 9 nitrogen and oxygen atoms in total. The van der Waals surface area contributed by atoms with Gasteiger partial charge in [0.25, 0.3) is 5.56 Å². The molecule has 2 saturated heterocycles. The lowest BCUT2D eigenvalue weighted by Gasteiger charge is -2.39. The molecular formula is C33H32ClF6N5O4. The molecule has 2 N–H and O–H groups in total. The van der Waals surface area contributed by atoms with Crippen LogP contribution in [0.2, 0.25) is 5.15 Å². The largest absolute Gasteiger partial charge is 0.416 e. The number of ether oxygens (including phenoxy) is 1. The van der Waals surface area contributed by atoms with Gasteiger partial charge in [0.05, 0.1) is 48.3 Å². The van der Waals surface area contributed by atoms with Gasteiger partial charge in [0, 0.05) is 31.7 Å². The van der Waals surface area contributed by atoms with Crippen LogP contribution < -0.4 is 10.9 Å². The molecule has 2 aliphatic heterocycles. The quantitative estimate of drug-likeness (QED) is 0.242. The smallest absolute Gasteiger partial charge is 0.388 e. The fourth-order valence-electron chi connectivity index (χ4n) is 6.50. The van der Waals surface area contributed by atoms with E-state index in [0.29, 0.717) is 13.2 Å². The number of nitrogens with zero attached hydrogens (tertiary/aromatic N) is 4. The molecular weight excluding hydrogens is 680 g/mol. The average Bonchev–Trinajstić information content (AvgIpc) is 3.41. The SMILES string of the molecule is O=C(C[C@H](c1ccccc1)C(F)(F)F)N1CCC(O)(Cn2cnc3c(cc(Cl)n3-c3ccc([C@@H]4COCCN4)c(C(F)(F)F)c3)c2=O)CC1. The van der Waals surface area contributed by atoms with E-state index < -0.39 is 53.4 Å². The molecule has 0 spiro atoms. The van der Waals surface area contributed by atoms with Gasteiger partial charge < -0.3 is 20.1 Å². The van der Waals surface area contributed by atoms with E-state index in [1.807, 2.05) is 0 Å². The van der Waals surface area contributed by atoms with Crippen molar-refractivity contribution in [2.45, 2.75) is 55.7 Å². The van der Waals surface area contributed by atoms with Gasteiger partial charge in [0.2, 0.25) is 5.91 Å². The van der Waals surface area contributed by atoms with E-state index in [1.165, 1.54) is 51.9 Å². The second kappa shape index (κ2) is 13.4. The molecule has 0 aliphatic carbocycles. The predicted molar refractivity (Wildman–Crippen MR) is 168 cm³/mol. The summed E-state index contributed by atoms with van der Waals surface area (Å²) in [6.07, 6.45) is -8.97. The number of halogens is 7. The first-order chi connectivity index (χ1) is 23.1. The van der Waals surface area contributed by atoms with Crippen molar-refractivity contribution in [2.24, 2.45) is 0 Å². The maximum atomic E-state index is 14.2. The number of likely N-dealkylation sites (tertiary alicyclic amines) is 1. The lowest BCUT2D eigenvalue weighted by molar-refractivity contribution is -0.162. The van der Waals surface area contributed by atoms with Crippen LogP contribution in [0, 0.1) is 0 Å². The molecule has 1 amide bonds. The van der Waals surface area contributed by atoms with Crippen LogP contribution in [0.1, 0.15) is 47.9 Å². The summed E-state index contributed by atoms with van der Waals surface area (Å²) in [7, 11) is 0. The second-order valence-electron chi connectivity index (χ2n) is 12.4. The number of fused-ring (bicyclic) bond motifs is 1. The third-order valence-electron chi connectivity index (χ3n) is 9.13. The number of morpholine rings is 1. The molecule has 4 heterocycles. The number of aliphatic hydroxyl groups is 1. The summed E-state index contributed by atoms with van der Waals surface area (Å²) in [5.41, 5.74) is -2.94. The van der Waals surface area contributed by atoms with Gasteiger partial charge in [-0.2, -0.15) is 26.3 Å². The molecule has 6 rings (SSSR count). The Morgan fingerprint density at radius 1 is 1.08 bits per heavy atom. The third-order valence-corrected chi connectivity index (χ3v) is 9.40. The Labute approximate surface area is 281 Å². The topological polar surface area (TPSA) is 102 Å². The van der Waals surface area contributed by atoms with Crippen LogP contribution in [0.3, 0.4) is 0 Å². The number of hydrogen-bond acceptors (Lipinski definition) is 6. The lowest BCUT2D eigenvalue weighted by atomic mass is 9.89. The van der Waals surface area contributed by atoms with E-state index in [4.69, 9.17) is 16.3 Å². The zero-order valence-electron chi connectivity index (χ0n) is 25.9. The van der Waals surface area contributed by atoms with Crippen molar-refractivity contribution in [1.29, 1.82) is 0 Å². The van der Waals surface area contributed by atoms with Gasteiger partial charge in [-0.1, -0.05) is 48.0 Å². The number of alkyl halides is 6. The van der Waals surface area contributed by atoms with E-state index in [9.17, 15) is 41.0 Å². The van der Waals surface area contributed by atoms with E-state index >= 15 is 0 Å². The highest BCUT2D eigenvalue weighted by Crippen LogP contribution is 2.39. The Kier molecular flexibility index (Phi) is 9.56. The maximum absolute atomic E-state index is 14.2. The molecule has 2 atom stereocenters. The van der Waals surface area contributed by atoms with Crippen LogP contribution in [0.25, 0.3) is 16.7 Å². The first-order valence-corrected chi connectivity index (χ1v) is 15.9. The van der Waals surface area contributed by atoms with Crippen molar-refractivity contribution >= 4 is 28.5 Å². The zero-order valence-corrected chi connectivity index (χ0v) is 26.7. The number of hydrogen-bond donors (Lipinski definition) is 2. The first kappa shape index (κ1) is 34.9. The van der Waals surface area contributed by atoms with Crippen LogP contribution in [0.5, 0.6) is 0 Å². The third kappa shape index (κ3) is 7.35. The Bertz CT molecular complexity index is 1880. The fourth-order valence-corrected chi connectivity index (χ4v) is 6.79. The van der Waals surface area contributed by atoms with Gasteiger partial charge in [-0.15, -0.1) is 0 Å². The van der Waals surface area contributed by atoms with Crippen molar-refractivity contribution in [3.63, 3.8) is 0 Å². The minimum atomic E-state index is -4.70. The summed E-state index contributed by atoms with van der Waals surface area (Å²) in [5, 5.41) is 14.3. The molecule has 2 aromatic heterocycles. The molecule has 0 saturated carbocycles. The Hall–Kier alpha value is -3.92. The number of rotatable bonds is 7. The van der Waals surface area contributed by atoms with Gasteiger partial charge in [-0.05, 0) is 42.2 Å². The number of benzene rings is 2. The normalized spacial score (nSPS) is 19.3. The van der Waals surface area contributed by atoms with E-state index in [0.717, 1.165) is 17.0 Å². The summed E-state index contributed by atoms with van der Waals surface area (Å²) in [6, 6.07) is 11.5. The number of aromatic nitrogens is 3. The van der Waals surface area contributed by atoms with Crippen molar-refractivity contribution in [1.82, 2.24) is 24.3 Å². The molecule has 0 unspecified atom stereocenters. The molecule has 2 aromatic carbocycles. The van der Waals surface area contributed by atoms with E-state index in [1.54, 1.807) is 6.07 Å². The Morgan fingerprint density at radius 2 is 1.80 bits per heavy atom. The van der Waals surface area contributed by atoms with Gasteiger partial charge in [0.1, 0.15) is 11.5 Å². The van der Waals surface area contributed by atoms with Crippen molar-refractivity contribution < 1.29 is 41.0 Å². The molecule has 16 heteroatoms. The molecule has 0 radical (unpaired) electrons. The van der Waals surface area contributed by atoms with Crippen LogP contribution in [-0.4, -0.2) is 74.7 Å². The Morgan fingerprint density at radius 3 is 2.43 bits per heavy atom. The molecule has 262 valence electrons. The number of carbonyl (C=O) groups excluding carboxylic acids is 1. The average molecular weight is 712 g/mol. The highest BCUT2D eigenvalue weighted by molar-refractivity contribution is 6.31. The zero-order chi connectivity index (χ0) is 35.1. The lowest BCUT2D eigenvalue weighted by Crippen LogP contribution is -2.50. The predicted octanol–water partition coefficient (Wildman–Crippen LogP) is 5.61. The summed E-state index contributed by atoms with van der Waals surface area (Å²) >= 11 is 6.45. The van der Waals surface area contributed by atoms with Crippen molar-refractivity contribution in [3.05, 3.63) is 93.1 Å². The summed E-state index contributed by atoms with van der Waals surface area (Å²) in [5.74, 6) is -2.67. The van der Waals surface area contributed by atoms with Crippen LogP contribution >= 0.6 is 11.6 Å². The first-order valence-electron chi connectivity index (χ1n) is 15.6. The van der Waals surface area contributed by atoms with Crippen molar-refractivity contribution in [3.8, 4) is 5.69 Å². The van der Waals surface area contributed by atoms with Gasteiger partial charge in [-0.25, -0.2) is 4.98 Å². The van der Waals surface area contributed by atoms with Crippen LogP contribution in [0.4, 0.5) is 26.3 Å². The monoisotopic (exact) mass is 711 g/mol. The van der Waals surface area contributed by atoms with Crippen LogP contribution in [-0.2, 0) is 22.3 Å². The fraction of sp³-hybridized carbons (Fsp3) is 0.424. The second-order valence-corrected chi connectivity index (χ2v) is 12.8. The highest BCUT2D eigenvalue weighted by Gasteiger charge is 2.44. The van der Waals surface area contributed by atoms with Gasteiger partial charge >= 0.3 is 12.4 Å². The van der Waals surface area contributed by atoms with Crippen LogP contribution in [0.15, 0.2) is 65.7 Å². The standard InChI is InChI=1S/C33H32ClF6N5O4/c34-27-15-23-29(45(27)21-6-7-22(25(14-21)33(38,39)40)26-17-49-13-10-41-26)42-19-44(30(23)47)18-31(48)8-11-43(12-9-31)28(46)16-24(32(35,36)37)20-4-2-1-3-5-20/h1-7,14-15,19,24,26,41,48H,8-13,16-18H2/t24-,26+/m1/s1. The molecule has 49 heavy (non-hydrogen) atoms. The number of amides is 1. The Balaban J connectivity index is 1.19. The van der Waals surface area contributed by atoms with Crippen molar-refractivity contribution in [2.75, 3.05) is 32.8 Å². The van der Waals surface area contributed by atoms with E-state index in [-0.39, 0.29) is 72.1 Å². The van der Waals surface area contributed by atoms with E-state index in [2.05, 4.69) is 10.3 Å². The molecule has 0 bridgehead atoms. The molecule has 2 fully saturated rings.